The van der Waals surface area contributed by atoms with Crippen molar-refractivity contribution in [3.8, 4) is 0 Å². The molecule has 0 spiro atoms. The van der Waals surface area contributed by atoms with Crippen LogP contribution in [-0.2, 0) is 4.74 Å². The molecule has 0 aromatic carbocycles. The molecular formula is C11H15ClIN2O-. The number of nitrogens with zero attached hydrogens (tertiary/aromatic N) is 1. The summed E-state index contributed by atoms with van der Waals surface area (Å²) in [7, 11) is 0. The van der Waals surface area contributed by atoms with E-state index in [9.17, 15) is 0 Å². The van der Waals surface area contributed by atoms with E-state index in [-0.39, 0.29) is 21.2 Å². The number of nitrogens with one attached hydrogen (secondary N) is 1. The van der Waals surface area contributed by atoms with Crippen LogP contribution in [0, 0.1) is 5.92 Å². The molecule has 2 rings (SSSR count). The molecule has 2 aliphatic heterocycles. The second kappa shape index (κ2) is 6.61. The summed E-state index contributed by atoms with van der Waals surface area (Å²) >= 11 is 5.75. The molecule has 90 valence electrons. The zero-order chi connectivity index (χ0) is 11.2. The molecule has 5 heteroatoms. The van der Waals surface area contributed by atoms with Gasteiger partial charge in [-0.05, 0) is 0 Å². The zero-order valence-electron chi connectivity index (χ0n) is 8.96. The second-order valence-corrected chi connectivity index (χ2v) is 7.26. The third-order valence-electron chi connectivity index (χ3n) is 2.60. The van der Waals surface area contributed by atoms with Gasteiger partial charge in [0.25, 0.3) is 0 Å². The summed E-state index contributed by atoms with van der Waals surface area (Å²) in [5.41, 5.74) is 1.12. The molecule has 0 saturated carbocycles. The third kappa shape index (κ3) is 4.07. The van der Waals surface area contributed by atoms with Crippen molar-refractivity contribution in [3.63, 3.8) is 0 Å². The van der Waals surface area contributed by atoms with Crippen LogP contribution in [-0.4, -0.2) is 26.0 Å². The monoisotopic (exact) mass is 353 g/mol. The maximum absolute atomic E-state index is 5.94. The molecule has 1 saturated heterocycles. The molecular weight excluding hydrogens is 338 g/mol. The number of ether oxygens (including phenoxy) is 1. The fraction of sp³-hybridized carbons (Fsp3) is 0.545. The standard InChI is InChI=1S/C11H15ClIN2O/c12-11-8-14-7-10(5-13-11)15-6-9-1-3-16-4-2-9/h5,7-9,15H,1-4,6H2/q-1. The number of allylic oxidation sites excluding steroid dienone is 1. The van der Waals surface area contributed by atoms with Crippen LogP contribution in [0.4, 0.5) is 0 Å². The molecule has 3 nitrogen and oxygen atoms in total. The van der Waals surface area contributed by atoms with Gasteiger partial charge in [0.2, 0.25) is 0 Å². The Morgan fingerprint density at radius 2 is 2.31 bits per heavy atom. The summed E-state index contributed by atoms with van der Waals surface area (Å²) in [6.07, 6.45) is 5.92. The molecule has 0 atom stereocenters. The number of hydrogen-bond acceptors (Lipinski definition) is 3. The van der Waals surface area contributed by atoms with Crippen molar-refractivity contribution in [1.29, 1.82) is 0 Å². The van der Waals surface area contributed by atoms with Crippen LogP contribution < -0.4 is 26.5 Å². The van der Waals surface area contributed by atoms with Gasteiger partial charge >= 0.3 is 112 Å². The fourth-order valence-electron chi connectivity index (χ4n) is 1.64. The predicted octanol–water partition coefficient (Wildman–Crippen LogP) is -0.945. The van der Waals surface area contributed by atoms with Crippen molar-refractivity contribution >= 4 is 17.8 Å². The Morgan fingerprint density at radius 1 is 1.50 bits per heavy atom. The van der Waals surface area contributed by atoms with Crippen LogP contribution in [0.25, 0.3) is 0 Å². The van der Waals surface area contributed by atoms with Crippen LogP contribution in [0.1, 0.15) is 12.8 Å². The van der Waals surface area contributed by atoms with E-state index in [4.69, 9.17) is 16.3 Å². The van der Waals surface area contributed by atoms with Crippen molar-refractivity contribution in [2.24, 2.45) is 10.9 Å². The SMILES string of the molecule is ClC1=CN=CC(NCC2CCOCC2)=C[I-]1. The minimum atomic E-state index is -0.195. The van der Waals surface area contributed by atoms with E-state index in [2.05, 4.69) is 14.4 Å². The Morgan fingerprint density at radius 3 is 3.12 bits per heavy atom. The summed E-state index contributed by atoms with van der Waals surface area (Å²) in [5.74, 6) is 0.730. The molecule has 0 aromatic heterocycles. The van der Waals surface area contributed by atoms with E-state index in [1.807, 2.05) is 6.21 Å². The summed E-state index contributed by atoms with van der Waals surface area (Å²) in [5, 5.41) is 3.44. The summed E-state index contributed by atoms with van der Waals surface area (Å²) < 4.78 is 8.41. The first-order valence-electron chi connectivity index (χ1n) is 5.38. The van der Waals surface area contributed by atoms with Gasteiger partial charge in [0.05, 0.1) is 0 Å². The van der Waals surface area contributed by atoms with Gasteiger partial charge in [0.1, 0.15) is 0 Å². The number of aliphatic imine (C=N–C) groups is 1. The molecule has 16 heavy (non-hydrogen) atoms. The second-order valence-electron chi connectivity index (χ2n) is 3.81. The zero-order valence-corrected chi connectivity index (χ0v) is 11.9. The first-order valence-corrected chi connectivity index (χ1v) is 8.09. The molecule has 0 amide bonds. The first-order chi connectivity index (χ1) is 7.84. The minimum absolute atomic E-state index is 0.195. The van der Waals surface area contributed by atoms with Crippen LogP contribution in [0.5, 0.6) is 0 Å². The summed E-state index contributed by atoms with van der Waals surface area (Å²) in [4.78, 5) is 4.15. The maximum atomic E-state index is 5.94. The van der Waals surface area contributed by atoms with Gasteiger partial charge in [0.15, 0.2) is 0 Å². The number of rotatable bonds is 3. The van der Waals surface area contributed by atoms with Crippen molar-refractivity contribution in [1.82, 2.24) is 5.32 Å². The molecule has 1 fully saturated rings. The quantitative estimate of drug-likeness (QED) is 0.664. The number of hydrogen-bond donors (Lipinski definition) is 1. The van der Waals surface area contributed by atoms with E-state index in [1.54, 1.807) is 6.20 Å². The predicted molar refractivity (Wildman–Crippen MR) is 62.1 cm³/mol. The van der Waals surface area contributed by atoms with Crippen molar-refractivity contribution < 1.29 is 25.9 Å². The average molecular weight is 354 g/mol. The first kappa shape index (κ1) is 12.4. The fourth-order valence-corrected chi connectivity index (χ4v) is 3.31. The normalized spacial score (nSPS) is 22.8. The van der Waals surface area contributed by atoms with Gasteiger partial charge < -0.3 is 0 Å². The Balaban J connectivity index is 1.77. The Labute approximate surface area is 111 Å². The number of halogens is 2. The van der Waals surface area contributed by atoms with Gasteiger partial charge in [-0.3, -0.25) is 0 Å². The van der Waals surface area contributed by atoms with E-state index >= 15 is 0 Å². The van der Waals surface area contributed by atoms with Crippen molar-refractivity contribution in [3.05, 3.63) is 19.0 Å². The molecule has 0 bridgehead atoms. The average Bonchev–Trinajstić information content (AvgIpc) is 2.53. The van der Waals surface area contributed by atoms with Gasteiger partial charge in [-0.1, -0.05) is 0 Å². The van der Waals surface area contributed by atoms with E-state index in [0.29, 0.717) is 0 Å². The van der Waals surface area contributed by atoms with Gasteiger partial charge in [-0.25, -0.2) is 0 Å². The molecule has 0 aliphatic carbocycles. The molecule has 0 unspecified atom stereocenters. The van der Waals surface area contributed by atoms with Crippen LogP contribution >= 0.6 is 11.6 Å². The molecule has 2 heterocycles. The summed E-state index contributed by atoms with van der Waals surface area (Å²) in [6, 6.07) is 0. The van der Waals surface area contributed by atoms with Gasteiger partial charge in [-0.2, -0.15) is 0 Å². The Hall–Kier alpha value is -0.0700. The molecule has 0 aromatic rings. The van der Waals surface area contributed by atoms with E-state index < -0.39 is 0 Å². The molecule has 1 N–H and O–H groups in total. The molecule has 2 aliphatic rings. The van der Waals surface area contributed by atoms with Crippen LogP contribution in [0.2, 0.25) is 0 Å². The van der Waals surface area contributed by atoms with Gasteiger partial charge in [-0.15, -0.1) is 0 Å². The van der Waals surface area contributed by atoms with Crippen molar-refractivity contribution in [2.45, 2.75) is 12.8 Å². The van der Waals surface area contributed by atoms with Gasteiger partial charge in [0, 0.05) is 0 Å². The third-order valence-corrected chi connectivity index (χ3v) is 5.10. The van der Waals surface area contributed by atoms with E-state index in [0.717, 1.165) is 47.3 Å². The summed E-state index contributed by atoms with van der Waals surface area (Å²) in [6.45, 7) is 2.82. The topological polar surface area (TPSA) is 33.6 Å². The van der Waals surface area contributed by atoms with E-state index in [1.165, 1.54) is 0 Å². The molecule has 0 radical (unpaired) electrons. The Bertz CT molecular complexity index is 322. The van der Waals surface area contributed by atoms with Crippen molar-refractivity contribution in [2.75, 3.05) is 19.8 Å². The Kier molecular flexibility index (Phi) is 5.12. The van der Waals surface area contributed by atoms with Crippen LogP contribution in [0.15, 0.2) is 24.0 Å². The van der Waals surface area contributed by atoms with Crippen LogP contribution in [0.3, 0.4) is 0 Å².